The normalized spacial score (nSPS) is 11.4. The maximum Gasteiger partial charge on any atom is 0.232 e. The molecule has 0 fully saturated rings. The number of anilines is 1. The van der Waals surface area contributed by atoms with Crippen molar-refractivity contribution in [3.63, 3.8) is 0 Å². The molecule has 0 atom stereocenters. The summed E-state index contributed by atoms with van der Waals surface area (Å²) < 4.78 is 32.2. The van der Waals surface area contributed by atoms with E-state index in [1.54, 1.807) is 24.3 Å². The molecule has 0 spiro atoms. The van der Waals surface area contributed by atoms with Crippen LogP contribution in [0.1, 0.15) is 6.42 Å². The first-order chi connectivity index (χ1) is 12.1. The summed E-state index contributed by atoms with van der Waals surface area (Å²) in [6.07, 6.45) is 0.416. The van der Waals surface area contributed by atoms with E-state index < -0.39 is 10.0 Å². The number of ether oxygens (including phenoxy) is 1. The first kappa shape index (κ1) is 17.6. The summed E-state index contributed by atoms with van der Waals surface area (Å²) in [4.78, 5) is 0. The predicted octanol–water partition coefficient (Wildman–Crippen LogP) is 5.00. The Morgan fingerprint density at radius 3 is 2.40 bits per heavy atom. The van der Waals surface area contributed by atoms with Crippen LogP contribution in [-0.4, -0.2) is 20.1 Å². The fourth-order valence-corrected chi connectivity index (χ4v) is 3.89. The molecular weight excluding hydrogens is 358 g/mol. The van der Waals surface area contributed by atoms with Crippen molar-refractivity contribution >= 4 is 38.1 Å². The summed E-state index contributed by atoms with van der Waals surface area (Å²) in [5.74, 6) is 1.72. The van der Waals surface area contributed by atoms with Crippen LogP contribution in [0, 0.1) is 0 Å². The molecule has 0 saturated carbocycles. The highest BCUT2D eigenvalue weighted by Crippen LogP contribution is 2.30. The number of hydrogen-bond acceptors (Lipinski definition) is 3. The van der Waals surface area contributed by atoms with Crippen LogP contribution in [0.2, 0.25) is 0 Å². The Balaban J connectivity index is 1.74. The van der Waals surface area contributed by atoms with Gasteiger partial charge in [0.1, 0.15) is 11.5 Å². The summed E-state index contributed by atoms with van der Waals surface area (Å²) in [5, 5.41) is 2.12. The standard InChI is InChI=1S/C19H18ClNO3S/c20-13-4-14-25(22,23)21-16-9-11-17(12-10-16)24-19-8-3-6-15-5-1-2-7-18(15)19/h1-3,5-12,21H,4,13-14H2. The van der Waals surface area contributed by atoms with Crippen molar-refractivity contribution < 1.29 is 13.2 Å². The average molecular weight is 376 g/mol. The highest BCUT2D eigenvalue weighted by atomic mass is 35.5. The zero-order valence-electron chi connectivity index (χ0n) is 13.5. The molecule has 1 N–H and O–H groups in total. The van der Waals surface area contributed by atoms with Crippen molar-refractivity contribution in [2.75, 3.05) is 16.4 Å². The fourth-order valence-electron chi connectivity index (χ4n) is 2.48. The Kier molecular flexibility index (Phi) is 5.46. The van der Waals surface area contributed by atoms with Crippen molar-refractivity contribution in [3.05, 3.63) is 66.7 Å². The van der Waals surface area contributed by atoms with E-state index >= 15 is 0 Å². The molecule has 3 rings (SSSR count). The second-order valence-electron chi connectivity index (χ2n) is 5.57. The van der Waals surface area contributed by atoms with E-state index in [0.717, 1.165) is 16.5 Å². The van der Waals surface area contributed by atoms with E-state index in [0.29, 0.717) is 23.7 Å². The second-order valence-corrected chi connectivity index (χ2v) is 7.79. The molecule has 0 unspecified atom stereocenters. The minimum absolute atomic E-state index is 0.00472. The lowest BCUT2D eigenvalue weighted by atomic mass is 10.1. The van der Waals surface area contributed by atoms with Crippen LogP contribution in [-0.2, 0) is 10.0 Å². The summed E-state index contributed by atoms with van der Waals surface area (Å²) in [7, 11) is -3.37. The Labute approximate surface area is 152 Å². The van der Waals surface area contributed by atoms with Crippen molar-refractivity contribution in [2.24, 2.45) is 0 Å². The Bertz CT molecular complexity index is 951. The van der Waals surface area contributed by atoms with Crippen LogP contribution < -0.4 is 9.46 Å². The molecule has 3 aromatic carbocycles. The predicted molar refractivity (Wildman–Crippen MR) is 103 cm³/mol. The maximum absolute atomic E-state index is 11.9. The number of hydrogen-bond donors (Lipinski definition) is 1. The molecule has 0 amide bonds. The van der Waals surface area contributed by atoms with Gasteiger partial charge in [-0.15, -0.1) is 11.6 Å². The van der Waals surface area contributed by atoms with E-state index in [1.165, 1.54) is 0 Å². The molecule has 0 aromatic heterocycles. The van der Waals surface area contributed by atoms with Gasteiger partial charge in [-0.2, -0.15) is 0 Å². The van der Waals surface area contributed by atoms with Crippen LogP contribution in [0.5, 0.6) is 11.5 Å². The van der Waals surface area contributed by atoms with E-state index in [1.807, 2.05) is 42.5 Å². The largest absolute Gasteiger partial charge is 0.457 e. The number of halogens is 1. The molecule has 0 heterocycles. The Hall–Kier alpha value is -2.24. The molecule has 130 valence electrons. The van der Waals surface area contributed by atoms with Gasteiger partial charge in [-0.3, -0.25) is 4.72 Å². The van der Waals surface area contributed by atoms with Gasteiger partial charge in [0.2, 0.25) is 10.0 Å². The Morgan fingerprint density at radius 2 is 1.64 bits per heavy atom. The molecule has 6 heteroatoms. The first-order valence-corrected chi connectivity index (χ1v) is 10.1. The number of alkyl halides is 1. The van der Waals surface area contributed by atoms with Gasteiger partial charge in [0.25, 0.3) is 0 Å². The van der Waals surface area contributed by atoms with Gasteiger partial charge in [0.15, 0.2) is 0 Å². The van der Waals surface area contributed by atoms with Gasteiger partial charge in [-0.1, -0.05) is 36.4 Å². The van der Waals surface area contributed by atoms with Gasteiger partial charge in [0, 0.05) is 17.0 Å². The van der Waals surface area contributed by atoms with Gasteiger partial charge < -0.3 is 4.74 Å². The molecule has 0 aliphatic carbocycles. The molecule has 0 aliphatic heterocycles. The highest BCUT2D eigenvalue weighted by Gasteiger charge is 2.10. The zero-order chi connectivity index (χ0) is 17.7. The summed E-state index contributed by atoms with van der Waals surface area (Å²) in [6.45, 7) is 0. The van der Waals surface area contributed by atoms with Gasteiger partial charge in [0.05, 0.1) is 5.75 Å². The lowest BCUT2D eigenvalue weighted by Gasteiger charge is -2.11. The van der Waals surface area contributed by atoms with Crippen molar-refractivity contribution in [2.45, 2.75) is 6.42 Å². The van der Waals surface area contributed by atoms with Gasteiger partial charge in [-0.05, 0) is 42.1 Å². The molecular formula is C19H18ClNO3S. The first-order valence-electron chi connectivity index (χ1n) is 7.89. The number of fused-ring (bicyclic) bond motifs is 1. The van der Waals surface area contributed by atoms with Gasteiger partial charge in [-0.25, -0.2) is 8.42 Å². The summed E-state index contributed by atoms with van der Waals surface area (Å²) in [5.41, 5.74) is 0.500. The van der Waals surface area contributed by atoms with Crippen LogP contribution in [0.25, 0.3) is 10.8 Å². The average Bonchev–Trinajstić information content (AvgIpc) is 2.62. The number of sulfonamides is 1. The van der Waals surface area contributed by atoms with E-state index in [9.17, 15) is 8.42 Å². The third-order valence-corrected chi connectivity index (χ3v) is 5.29. The number of nitrogens with one attached hydrogen (secondary N) is 1. The molecule has 3 aromatic rings. The summed E-state index contributed by atoms with van der Waals surface area (Å²) >= 11 is 5.54. The van der Waals surface area contributed by atoms with Crippen LogP contribution in [0.15, 0.2) is 66.7 Å². The van der Waals surface area contributed by atoms with E-state index in [4.69, 9.17) is 16.3 Å². The maximum atomic E-state index is 11.9. The molecule has 0 saturated heterocycles. The minimum atomic E-state index is -3.37. The van der Waals surface area contributed by atoms with Crippen LogP contribution in [0.4, 0.5) is 5.69 Å². The zero-order valence-corrected chi connectivity index (χ0v) is 15.1. The molecule has 25 heavy (non-hydrogen) atoms. The lowest BCUT2D eigenvalue weighted by Crippen LogP contribution is -2.16. The number of benzene rings is 3. The van der Waals surface area contributed by atoms with E-state index in [2.05, 4.69) is 4.72 Å². The SMILES string of the molecule is O=S(=O)(CCCCl)Nc1ccc(Oc2cccc3ccccc23)cc1. The molecule has 4 nitrogen and oxygen atoms in total. The molecule has 0 radical (unpaired) electrons. The topological polar surface area (TPSA) is 55.4 Å². The quantitative estimate of drug-likeness (QED) is 0.591. The van der Waals surface area contributed by atoms with Crippen molar-refractivity contribution in [3.8, 4) is 11.5 Å². The molecule has 0 bridgehead atoms. The number of rotatable bonds is 7. The molecule has 0 aliphatic rings. The van der Waals surface area contributed by atoms with E-state index in [-0.39, 0.29) is 5.75 Å². The highest BCUT2D eigenvalue weighted by molar-refractivity contribution is 7.92. The third kappa shape index (κ3) is 4.65. The minimum Gasteiger partial charge on any atom is -0.457 e. The van der Waals surface area contributed by atoms with Crippen LogP contribution >= 0.6 is 11.6 Å². The smallest absolute Gasteiger partial charge is 0.232 e. The monoisotopic (exact) mass is 375 g/mol. The third-order valence-electron chi connectivity index (χ3n) is 3.65. The summed E-state index contributed by atoms with van der Waals surface area (Å²) in [6, 6.07) is 20.7. The fraction of sp³-hybridized carbons (Fsp3) is 0.158. The van der Waals surface area contributed by atoms with Gasteiger partial charge >= 0.3 is 0 Å². The van der Waals surface area contributed by atoms with Crippen molar-refractivity contribution in [1.29, 1.82) is 0 Å². The second kappa shape index (κ2) is 7.76. The Morgan fingerprint density at radius 1 is 0.920 bits per heavy atom. The lowest BCUT2D eigenvalue weighted by molar-refractivity contribution is 0.488. The van der Waals surface area contributed by atoms with Crippen LogP contribution in [0.3, 0.4) is 0 Å². The van der Waals surface area contributed by atoms with Crippen molar-refractivity contribution in [1.82, 2.24) is 0 Å².